The standard InChI is InChI=1S/C13H21NO4/c1-14(11-4-6-18-7-5-11)12(15)9-2-3-10(8-9)13(16)17/h9-11H,2-8H2,1H3,(H,16,17). The van der Waals surface area contributed by atoms with Crippen LogP contribution in [0.15, 0.2) is 0 Å². The molecule has 0 spiro atoms. The van der Waals surface area contributed by atoms with E-state index in [-0.39, 0.29) is 23.8 Å². The van der Waals surface area contributed by atoms with E-state index in [0.717, 1.165) is 12.8 Å². The van der Waals surface area contributed by atoms with Gasteiger partial charge in [-0.3, -0.25) is 9.59 Å². The summed E-state index contributed by atoms with van der Waals surface area (Å²) in [6, 6.07) is 0.259. The Kier molecular flexibility index (Phi) is 4.22. The first-order chi connectivity index (χ1) is 8.59. The molecule has 2 rings (SSSR count). The van der Waals surface area contributed by atoms with E-state index in [0.29, 0.717) is 32.5 Å². The summed E-state index contributed by atoms with van der Waals surface area (Å²) in [5.74, 6) is -1.08. The molecule has 18 heavy (non-hydrogen) atoms. The number of hydrogen-bond acceptors (Lipinski definition) is 3. The highest BCUT2D eigenvalue weighted by molar-refractivity contribution is 5.81. The number of ether oxygens (including phenoxy) is 1. The van der Waals surface area contributed by atoms with Gasteiger partial charge in [0.15, 0.2) is 0 Å². The number of carbonyl (C=O) groups is 2. The molecule has 2 aliphatic rings. The van der Waals surface area contributed by atoms with E-state index in [1.54, 1.807) is 0 Å². The lowest BCUT2D eigenvalue weighted by Crippen LogP contribution is -2.43. The molecule has 5 heteroatoms. The predicted octanol–water partition coefficient (Wildman–Crippen LogP) is 1.12. The van der Waals surface area contributed by atoms with Crippen LogP contribution in [0.3, 0.4) is 0 Å². The molecule has 0 aromatic rings. The molecule has 1 amide bonds. The van der Waals surface area contributed by atoms with Crippen molar-refractivity contribution >= 4 is 11.9 Å². The number of hydrogen-bond donors (Lipinski definition) is 1. The molecular weight excluding hydrogens is 234 g/mol. The van der Waals surface area contributed by atoms with Crippen LogP contribution in [0.2, 0.25) is 0 Å². The number of carboxylic acid groups (broad SMARTS) is 1. The smallest absolute Gasteiger partial charge is 0.306 e. The molecule has 1 N–H and O–H groups in total. The average molecular weight is 255 g/mol. The summed E-state index contributed by atoms with van der Waals surface area (Å²) < 4.78 is 5.29. The maximum atomic E-state index is 12.3. The Bertz CT molecular complexity index is 325. The maximum absolute atomic E-state index is 12.3. The molecule has 1 aliphatic carbocycles. The van der Waals surface area contributed by atoms with Crippen molar-refractivity contribution in [1.29, 1.82) is 0 Å². The summed E-state index contributed by atoms with van der Waals surface area (Å²) in [5, 5.41) is 8.96. The first kappa shape index (κ1) is 13.3. The van der Waals surface area contributed by atoms with E-state index in [1.807, 2.05) is 11.9 Å². The highest BCUT2D eigenvalue weighted by Gasteiger charge is 2.36. The third-order valence-corrected chi connectivity index (χ3v) is 4.22. The van der Waals surface area contributed by atoms with Gasteiger partial charge in [-0.2, -0.15) is 0 Å². The van der Waals surface area contributed by atoms with Crippen LogP contribution in [0, 0.1) is 11.8 Å². The van der Waals surface area contributed by atoms with E-state index >= 15 is 0 Å². The largest absolute Gasteiger partial charge is 0.481 e. The van der Waals surface area contributed by atoms with Crippen LogP contribution >= 0.6 is 0 Å². The lowest BCUT2D eigenvalue weighted by atomic mass is 10.0. The van der Waals surface area contributed by atoms with Crippen LogP contribution in [0.5, 0.6) is 0 Å². The SMILES string of the molecule is CN(C(=O)C1CCC(C(=O)O)C1)C1CCOCC1. The molecule has 1 heterocycles. The molecule has 2 atom stereocenters. The highest BCUT2D eigenvalue weighted by Crippen LogP contribution is 2.33. The Balaban J connectivity index is 1.89. The molecule has 0 radical (unpaired) electrons. The van der Waals surface area contributed by atoms with E-state index in [2.05, 4.69) is 0 Å². The van der Waals surface area contributed by atoms with Gasteiger partial charge in [0.05, 0.1) is 5.92 Å². The van der Waals surface area contributed by atoms with Crippen molar-refractivity contribution in [2.24, 2.45) is 11.8 Å². The van der Waals surface area contributed by atoms with Gasteiger partial charge in [0.25, 0.3) is 0 Å². The van der Waals surface area contributed by atoms with Gasteiger partial charge < -0.3 is 14.7 Å². The van der Waals surface area contributed by atoms with Crippen molar-refractivity contribution < 1.29 is 19.4 Å². The Labute approximate surface area is 107 Å². The first-order valence-corrected chi connectivity index (χ1v) is 6.67. The third kappa shape index (κ3) is 2.83. The third-order valence-electron chi connectivity index (χ3n) is 4.22. The van der Waals surface area contributed by atoms with Crippen molar-refractivity contribution in [3.05, 3.63) is 0 Å². The fraction of sp³-hybridized carbons (Fsp3) is 0.846. The molecule has 0 aromatic carbocycles. The normalized spacial score (nSPS) is 29.2. The van der Waals surface area contributed by atoms with E-state index in [4.69, 9.17) is 9.84 Å². The topological polar surface area (TPSA) is 66.8 Å². The number of aliphatic carboxylic acids is 1. The van der Waals surface area contributed by atoms with Crippen LogP contribution in [0.4, 0.5) is 0 Å². The summed E-state index contributed by atoms with van der Waals surface area (Å²) in [4.78, 5) is 25.0. The monoisotopic (exact) mass is 255 g/mol. The molecule has 2 unspecified atom stereocenters. The predicted molar refractivity (Wildman–Crippen MR) is 65.1 cm³/mol. The molecule has 0 bridgehead atoms. The van der Waals surface area contributed by atoms with Crippen molar-refractivity contribution in [3.63, 3.8) is 0 Å². The van der Waals surface area contributed by atoms with Crippen LogP contribution in [-0.2, 0) is 14.3 Å². The van der Waals surface area contributed by atoms with Crippen molar-refractivity contribution in [1.82, 2.24) is 4.90 Å². The van der Waals surface area contributed by atoms with Gasteiger partial charge in [-0.05, 0) is 32.1 Å². The Hall–Kier alpha value is -1.10. The summed E-state index contributed by atoms with van der Waals surface area (Å²) >= 11 is 0. The van der Waals surface area contributed by atoms with Gasteiger partial charge in [-0.15, -0.1) is 0 Å². The van der Waals surface area contributed by atoms with Gasteiger partial charge in [0.1, 0.15) is 0 Å². The average Bonchev–Trinajstić information content (AvgIpc) is 2.88. The number of amides is 1. The molecule has 1 saturated heterocycles. The van der Waals surface area contributed by atoms with Gasteiger partial charge in [0.2, 0.25) is 5.91 Å². The highest BCUT2D eigenvalue weighted by atomic mass is 16.5. The first-order valence-electron chi connectivity index (χ1n) is 6.67. The zero-order valence-electron chi connectivity index (χ0n) is 10.8. The van der Waals surface area contributed by atoms with Gasteiger partial charge in [0, 0.05) is 32.2 Å². The minimum atomic E-state index is -0.765. The molecule has 0 aromatic heterocycles. The van der Waals surface area contributed by atoms with Crippen molar-refractivity contribution in [2.75, 3.05) is 20.3 Å². The Morgan fingerprint density at radius 1 is 1.11 bits per heavy atom. The van der Waals surface area contributed by atoms with Crippen LogP contribution in [-0.4, -0.2) is 48.2 Å². The molecule has 2 fully saturated rings. The number of carboxylic acids is 1. The second kappa shape index (κ2) is 5.69. The minimum Gasteiger partial charge on any atom is -0.481 e. The molecule has 1 aliphatic heterocycles. The van der Waals surface area contributed by atoms with E-state index < -0.39 is 5.97 Å². The quantitative estimate of drug-likeness (QED) is 0.820. The second-order valence-corrected chi connectivity index (χ2v) is 5.34. The molecule has 1 saturated carbocycles. The van der Waals surface area contributed by atoms with E-state index in [1.165, 1.54) is 0 Å². The lowest BCUT2D eigenvalue weighted by Gasteiger charge is -2.32. The summed E-state index contributed by atoms with van der Waals surface area (Å²) in [6.45, 7) is 1.43. The van der Waals surface area contributed by atoms with Crippen LogP contribution in [0.25, 0.3) is 0 Å². The fourth-order valence-corrected chi connectivity index (χ4v) is 2.97. The van der Waals surface area contributed by atoms with Gasteiger partial charge in [-0.25, -0.2) is 0 Å². The summed E-state index contributed by atoms with van der Waals surface area (Å²) in [5.41, 5.74) is 0. The van der Waals surface area contributed by atoms with Crippen LogP contribution < -0.4 is 0 Å². The second-order valence-electron chi connectivity index (χ2n) is 5.34. The zero-order valence-corrected chi connectivity index (χ0v) is 10.8. The van der Waals surface area contributed by atoms with Crippen molar-refractivity contribution in [2.45, 2.75) is 38.1 Å². The summed E-state index contributed by atoms with van der Waals surface area (Å²) in [6.07, 6.45) is 3.62. The minimum absolute atomic E-state index is 0.0982. The van der Waals surface area contributed by atoms with Gasteiger partial charge in [-0.1, -0.05) is 0 Å². The Morgan fingerprint density at radius 2 is 1.72 bits per heavy atom. The summed E-state index contributed by atoms with van der Waals surface area (Å²) in [7, 11) is 1.84. The lowest BCUT2D eigenvalue weighted by molar-refractivity contribution is -0.142. The Morgan fingerprint density at radius 3 is 2.28 bits per heavy atom. The van der Waals surface area contributed by atoms with E-state index in [9.17, 15) is 9.59 Å². The number of rotatable bonds is 3. The zero-order chi connectivity index (χ0) is 13.1. The van der Waals surface area contributed by atoms with Crippen molar-refractivity contribution in [3.8, 4) is 0 Å². The van der Waals surface area contributed by atoms with Gasteiger partial charge >= 0.3 is 5.97 Å². The number of carbonyl (C=O) groups excluding carboxylic acids is 1. The molecular formula is C13H21NO4. The fourth-order valence-electron chi connectivity index (χ4n) is 2.97. The molecule has 5 nitrogen and oxygen atoms in total. The number of nitrogens with zero attached hydrogens (tertiary/aromatic N) is 1. The molecule has 102 valence electrons. The maximum Gasteiger partial charge on any atom is 0.306 e. The van der Waals surface area contributed by atoms with Crippen LogP contribution in [0.1, 0.15) is 32.1 Å².